The summed E-state index contributed by atoms with van der Waals surface area (Å²) in [4.78, 5) is 23.7. The maximum Gasteiger partial charge on any atom is 0.252 e. The highest BCUT2D eigenvalue weighted by molar-refractivity contribution is 7.22. The van der Waals surface area contributed by atoms with Crippen LogP contribution in [-0.2, 0) is 11.3 Å². The average molecular weight is 469 g/mol. The zero-order valence-electron chi connectivity index (χ0n) is 17.8. The minimum atomic E-state index is -0.0912. The predicted molar refractivity (Wildman–Crippen MR) is 133 cm³/mol. The third kappa shape index (κ3) is 5.75. The second kappa shape index (κ2) is 11.5. The molecular weight excluding hydrogens is 444 g/mol. The molecule has 0 aliphatic carbocycles. The number of aryl methyl sites for hydroxylation is 1. The number of amides is 1. The number of carbonyl (C=O) groups is 1. The quantitative estimate of drug-likeness (QED) is 0.306. The Bertz CT molecular complexity index is 1160. The van der Waals surface area contributed by atoms with Gasteiger partial charge in [0.25, 0.3) is 5.91 Å². The van der Waals surface area contributed by atoms with Crippen LogP contribution >= 0.6 is 23.7 Å². The fourth-order valence-corrected chi connectivity index (χ4v) is 4.27. The van der Waals surface area contributed by atoms with Gasteiger partial charge in [0, 0.05) is 31.6 Å². The summed E-state index contributed by atoms with van der Waals surface area (Å²) in [6.45, 7) is 3.85. The molecule has 2 aromatic carbocycles. The van der Waals surface area contributed by atoms with Crippen molar-refractivity contribution in [3.8, 4) is 5.75 Å². The van der Waals surface area contributed by atoms with Crippen LogP contribution < -0.4 is 9.64 Å². The Morgan fingerprint density at radius 1 is 1.19 bits per heavy atom. The first-order valence-corrected chi connectivity index (χ1v) is 11.1. The van der Waals surface area contributed by atoms with E-state index < -0.39 is 0 Å². The number of para-hydroxylation sites is 1. The first-order valence-electron chi connectivity index (χ1n) is 10.3. The van der Waals surface area contributed by atoms with Gasteiger partial charge in [0.05, 0.1) is 17.6 Å². The molecule has 0 saturated carbocycles. The lowest BCUT2D eigenvalue weighted by Crippen LogP contribution is -2.30. The van der Waals surface area contributed by atoms with Crippen LogP contribution in [0.5, 0.6) is 5.75 Å². The number of carbonyl (C=O) groups excluding carboxylic acids is 1. The number of aromatic nitrogens is 3. The summed E-state index contributed by atoms with van der Waals surface area (Å²) in [5.41, 5.74) is 1.78. The molecule has 0 fully saturated rings. The molecule has 0 atom stereocenters. The molecule has 0 unspecified atom stereocenters. The minimum Gasteiger partial charge on any atom is -0.492 e. The van der Waals surface area contributed by atoms with Gasteiger partial charge >= 0.3 is 0 Å². The summed E-state index contributed by atoms with van der Waals surface area (Å²) in [6, 6.07) is 15.7. The maximum atomic E-state index is 13.2. The Balaban J connectivity index is 0.00000289. The van der Waals surface area contributed by atoms with Crippen molar-refractivity contribution in [3.05, 3.63) is 78.9 Å². The summed E-state index contributed by atoms with van der Waals surface area (Å²) in [6.07, 6.45) is 9.71. The van der Waals surface area contributed by atoms with Crippen molar-refractivity contribution < 1.29 is 9.53 Å². The third-order valence-electron chi connectivity index (χ3n) is 4.74. The number of rotatable bonds is 9. The fraction of sp³-hybridized carbons (Fsp3) is 0.208. The number of nitrogens with zero attached hydrogens (tertiary/aromatic N) is 4. The molecule has 6 nitrogen and oxygen atoms in total. The fourth-order valence-electron chi connectivity index (χ4n) is 3.25. The van der Waals surface area contributed by atoms with Crippen LogP contribution in [0.4, 0.5) is 5.13 Å². The number of hydrogen-bond donors (Lipinski definition) is 0. The second-order valence-electron chi connectivity index (χ2n) is 6.92. The minimum absolute atomic E-state index is 0. The van der Waals surface area contributed by atoms with Crippen molar-refractivity contribution in [2.45, 2.75) is 19.9 Å². The molecule has 0 saturated heterocycles. The molecule has 0 N–H and O–H groups in total. The highest BCUT2D eigenvalue weighted by Crippen LogP contribution is 2.34. The smallest absolute Gasteiger partial charge is 0.252 e. The highest BCUT2D eigenvalue weighted by atomic mass is 35.5. The van der Waals surface area contributed by atoms with Crippen molar-refractivity contribution in [1.29, 1.82) is 0 Å². The van der Waals surface area contributed by atoms with Gasteiger partial charge in [0.15, 0.2) is 5.13 Å². The Kier molecular flexibility index (Phi) is 8.41. The summed E-state index contributed by atoms with van der Waals surface area (Å²) in [7, 11) is 0. The SMILES string of the molecule is CCOc1cccc2sc(N(CCCn3ccnc3)C(=O)/C=C/c3ccccc3)nc12.Cl. The standard InChI is InChI=1S/C24H24N4O2S.ClH/c1-2-30-20-10-6-11-21-23(20)26-24(31-21)28(16-7-15-27-17-14-25-18-27)22(29)13-12-19-8-4-3-5-9-19;/h3-6,8-14,17-18H,2,7,15-16H2,1H3;1H/b13-12+;. The van der Waals surface area contributed by atoms with Gasteiger partial charge in [-0.05, 0) is 37.1 Å². The number of imidazole rings is 1. The Morgan fingerprint density at radius 3 is 2.78 bits per heavy atom. The van der Waals surface area contributed by atoms with Crippen LogP contribution in [0.25, 0.3) is 16.3 Å². The van der Waals surface area contributed by atoms with E-state index in [4.69, 9.17) is 9.72 Å². The lowest BCUT2D eigenvalue weighted by atomic mass is 10.2. The first-order chi connectivity index (χ1) is 15.2. The zero-order chi connectivity index (χ0) is 21.5. The number of fused-ring (bicyclic) bond motifs is 1. The third-order valence-corrected chi connectivity index (χ3v) is 5.79. The summed E-state index contributed by atoms with van der Waals surface area (Å²) in [5.74, 6) is 0.652. The molecule has 4 rings (SSSR count). The molecule has 8 heteroatoms. The molecule has 4 aromatic rings. The molecule has 0 aliphatic heterocycles. The van der Waals surface area contributed by atoms with Gasteiger partial charge in [0.2, 0.25) is 0 Å². The largest absolute Gasteiger partial charge is 0.492 e. The summed E-state index contributed by atoms with van der Waals surface area (Å²) < 4.78 is 8.73. The second-order valence-corrected chi connectivity index (χ2v) is 7.93. The molecule has 0 bridgehead atoms. The van der Waals surface area contributed by atoms with E-state index in [1.807, 2.05) is 72.3 Å². The number of benzene rings is 2. The number of ether oxygens (including phenoxy) is 1. The van der Waals surface area contributed by atoms with E-state index in [0.29, 0.717) is 18.3 Å². The van der Waals surface area contributed by atoms with Gasteiger partial charge in [-0.1, -0.05) is 47.7 Å². The Hall–Kier alpha value is -3.16. The number of thiazole rings is 1. The lowest BCUT2D eigenvalue weighted by Gasteiger charge is -2.18. The highest BCUT2D eigenvalue weighted by Gasteiger charge is 2.19. The van der Waals surface area contributed by atoms with Gasteiger partial charge in [-0.15, -0.1) is 12.4 Å². The van der Waals surface area contributed by atoms with Gasteiger partial charge in [0.1, 0.15) is 11.3 Å². The molecule has 2 heterocycles. The van der Waals surface area contributed by atoms with E-state index in [1.54, 1.807) is 23.5 Å². The van der Waals surface area contributed by atoms with Crippen LogP contribution in [-0.4, -0.2) is 33.6 Å². The van der Waals surface area contributed by atoms with E-state index in [9.17, 15) is 4.79 Å². The van der Waals surface area contributed by atoms with Gasteiger partial charge in [-0.25, -0.2) is 9.97 Å². The molecule has 0 aliphatic rings. The maximum absolute atomic E-state index is 13.2. The molecule has 32 heavy (non-hydrogen) atoms. The van der Waals surface area contributed by atoms with Gasteiger partial charge in [-0.2, -0.15) is 0 Å². The van der Waals surface area contributed by atoms with Crippen molar-refractivity contribution >= 4 is 51.1 Å². The van der Waals surface area contributed by atoms with Crippen molar-refractivity contribution in [1.82, 2.24) is 14.5 Å². The van der Waals surface area contributed by atoms with E-state index in [-0.39, 0.29) is 18.3 Å². The van der Waals surface area contributed by atoms with Crippen molar-refractivity contribution in [3.63, 3.8) is 0 Å². The van der Waals surface area contributed by atoms with Crippen molar-refractivity contribution in [2.24, 2.45) is 0 Å². The van der Waals surface area contributed by atoms with Crippen LogP contribution in [0.3, 0.4) is 0 Å². The number of halogens is 1. The molecule has 0 spiro atoms. The van der Waals surface area contributed by atoms with E-state index in [1.165, 1.54) is 11.3 Å². The van der Waals surface area contributed by atoms with Crippen LogP contribution in [0.2, 0.25) is 0 Å². The van der Waals surface area contributed by atoms with Crippen LogP contribution in [0.1, 0.15) is 18.9 Å². The number of hydrogen-bond acceptors (Lipinski definition) is 5. The molecular formula is C24H25ClN4O2S. The molecule has 0 radical (unpaired) electrons. The van der Waals surface area contributed by atoms with Crippen molar-refractivity contribution in [2.75, 3.05) is 18.1 Å². The summed E-state index contributed by atoms with van der Waals surface area (Å²) in [5, 5.41) is 0.676. The number of anilines is 1. The Morgan fingerprint density at radius 2 is 2.03 bits per heavy atom. The summed E-state index contributed by atoms with van der Waals surface area (Å²) >= 11 is 1.50. The monoisotopic (exact) mass is 468 g/mol. The van der Waals surface area contributed by atoms with Gasteiger partial charge in [-0.3, -0.25) is 9.69 Å². The zero-order valence-corrected chi connectivity index (χ0v) is 19.4. The first kappa shape index (κ1) is 23.5. The lowest BCUT2D eigenvalue weighted by molar-refractivity contribution is -0.114. The van der Waals surface area contributed by atoms with Gasteiger partial charge < -0.3 is 9.30 Å². The van der Waals surface area contributed by atoms with Crippen LogP contribution in [0, 0.1) is 0 Å². The van der Waals surface area contributed by atoms with E-state index >= 15 is 0 Å². The average Bonchev–Trinajstić information content (AvgIpc) is 3.46. The molecule has 1 amide bonds. The van der Waals surface area contributed by atoms with E-state index in [2.05, 4.69) is 4.98 Å². The molecule has 2 aromatic heterocycles. The normalized spacial score (nSPS) is 10.9. The van der Waals surface area contributed by atoms with Crippen LogP contribution in [0.15, 0.2) is 73.3 Å². The van der Waals surface area contributed by atoms with E-state index in [0.717, 1.165) is 34.5 Å². The topological polar surface area (TPSA) is 60.2 Å². The Labute approximate surface area is 197 Å². The predicted octanol–water partition coefficient (Wildman–Crippen LogP) is 5.45. The molecule has 166 valence electrons.